The van der Waals surface area contributed by atoms with E-state index in [0.29, 0.717) is 17.9 Å². The van der Waals surface area contributed by atoms with E-state index < -0.39 is 0 Å². The van der Waals surface area contributed by atoms with Crippen LogP contribution in [0.1, 0.15) is 28.4 Å². The normalized spacial score (nSPS) is 15.3. The van der Waals surface area contributed by atoms with Gasteiger partial charge in [-0.1, -0.05) is 24.3 Å². The Bertz CT molecular complexity index is 763. The Labute approximate surface area is 157 Å². The van der Waals surface area contributed by atoms with Gasteiger partial charge in [0.25, 0.3) is 5.91 Å². The molecule has 1 aliphatic heterocycles. The van der Waals surface area contributed by atoms with Crippen LogP contribution in [0.3, 0.4) is 0 Å². The molecule has 0 fully saturated rings. The molecule has 0 saturated carbocycles. The first kappa shape index (κ1) is 18.0. The highest BCUT2D eigenvalue weighted by Gasteiger charge is 2.21. The van der Waals surface area contributed by atoms with Crippen LogP contribution in [0, 0.1) is 0 Å². The third-order valence-electron chi connectivity index (χ3n) is 4.76. The summed E-state index contributed by atoms with van der Waals surface area (Å²) in [7, 11) is 1.60. The van der Waals surface area contributed by atoms with Gasteiger partial charge in [0.15, 0.2) is 0 Å². The number of methoxy groups -OCH3 is 1. The summed E-state index contributed by atoms with van der Waals surface area (Å²) in [5.74, 6) is 0.587. The Morgan fingerprint density at radius 1 is 1.28 bits per heavy atom. The molecule has 2 aromatic rings. The summed E-state index contributed by atoms with van der Waals surface area (Å²) in [4.78, 5) is 14.9. The molecule has 5 heteroatoms. The standard InChI is InChI=1S/C20H23BrN2O2/c1-14(23-10-9-15-5-3-4-6-16(15)13-23)12-22-20(24)18-11-17(25-2)7-8-19(18)21/h3-8,11,14H,9-10,12-13H2,1-2H3,(H,22,24). The van der Waals surface area contributed by atoms with Crippen molar-refractivity contribution in [2.45, 2.75) is 25.9 Å². The summed E-state index contributed by atoms with van der Waals surface area (Å²) in [6, 6.07) is 14.3. The average Bonchev–Trinajstić information content (AvgIpc) is 2.65. The SMILES string of the molecule is COc1ccc(Br)c(C(=O)NCC(C)N2CCc3ccccc3C2)c1. The lowest BCUT2D eigenvalue weighted by molar-refractivity contribution is 0.0931. The number of nitrogens with one attached hydrogen (secondary N) is 1. The summed E-state index contributed by atoms with van der Waals surface area (Å²) in [5, 5.41) is 3.05. The van der Waals surface area contributed by atoms with Crippen molar-refractivity contribution in [3.05, 3.63) is 63.6 Å². The Balaban J connectivity index is 1.59. The summed E-state index contributed by atoms with van der Waals surface area (Å²) >= 11 is 3.44. The Kier molecular flexibility index (Phi) is 5.76. The van der Waals surface area contributed by atoms with Crippen LogP contribution in [0.4, 0.5) is 0 Å². The predicted octanol–water partition coefficient (Wildman–Crippen LogP) is 3.63. The highest BCUT2D eigenvalue weighted by molar-refractivity contribution is 9.10. The Morgan fingerprint density at radius 2 is 2.04 bits per heavy atom. The molecule has 1 N–H and O–H groups in total. The molecule has 1 aliphatic rings. The number of ether oxygens (including phenoxy) is 1. The minimum Gasteiger partial charge on any atom is -0.497 e. The fourth-order valence-electron chi connectivity index (χ4n) is 3.16. The molecule has 0 radical (unpaired) electrons. The second-order valence-electron chi connectivity index (χ2n) is 6.39. The van der Waals surface area contributed by atoms with E-state index in [1.165, 1.54) is 11.1 Å². The highest BCUT2D eigenvalue weighted by atomic mass is 79.9. The highest BCUT2D eigenvalue weighted by Crippen LogP contribution is 2.23. The van der Waals surface area contributed by atoms with Crippen molar-refractivity contribution in [1.82, 2.24) is 10.2 Å². The number of halogens is 1. The van der Waals surface area contributed by atoms with E-state index in [0.717, 1.165) is 24.0 Å². The van der Waals surface area contributed by atoms with Crippen LogP contribution in [0.2, 0.25) is 0 Å². The van der Waals surface area contributed by atoms with Gasteiger partial charge in [0.05, 0.1) is 12.7 Å². The number of fused-ring (bicyclic) bond motifs is 1. The van der Waals surface area contributed by atoms with Gasteiger partial charge in [-0.25, -0.2) is 0 Å². The van der Waals surface area contributed by atoms with Crippen LogP contribution in [0.5, 0.6) is 5.75 Å². The van der Waals surface area contributed by atoms with E-state index in [2.05, 4.69) is 57.3 Å². The summed E-state index contributed by atoms with van der Waals surface area (Å²) in [6.07, 6.45) is 1.07. The minimum atomic E-state index is -0.0879. The number of carbonyl (C=O) groups is 1. The molecule has 1 amide bonds. The fraction of sp³-hybridized carbons (Fsp3) is 0.350. The molecule has 1 atom stereocenters. The van der Waals surface area contributed by atoms with Gasteiger partial charge in [0.1, 0.15) is 5.75 Å². The second kappa shape index (κ2) is 8.02. The molecule has 0 aromatic heterocycles. The summed E-state index contributed by atoms with van der Waals surface area (Å²) in [6.45, 7) is 4.74. The van der Waals surface area contributed by atoms with Gasteiger partial charge in [-0.3, -0.25) is 9.69 Å². The van der Waals surface area contributed by atoms with Crippen LogP contribution < -0.4 is 10.1 Å². The number of carbonyl (C=O) groups excluding carboxylic acids is 1. The topological polar surface area (TPSA) is 41.6 Å². The smallest absolute Gasteiger partial charge is 0.252 e. The molecule has 0 bridgehead atoms. The first-order chi connectivity index (χ1) is 12.1. The monoisotopic (exact) mass is 402 g/mol. The molecule has 1 heterocycles. The van der Waals surface area contributed by atoms with Crippen LogP contribution in [-0.2, 0) is 13.0 Å². The molecule has 4 nitrogen and oxygen atoms in total. The van der Waals surface area contributed by atoms with Gasteiger partial charge in [0, 0.05) is 30.1 Å². The maximum atomic E-state index is 12.5. The lowest BCUT2D eigenvalue weighted by Crippen LogP contribution is -2.44. The number of rotatable bonds is 5. The Morgan fingerprint density at radius 3 is 2.80 bits per heavy atom. The summed E-state index contributed by atoms with van der Waals surface area (Å²) < 4.78 is 5.97. The van der Waals surface area contributed by atoms with Crippen molar-refractivity contribution in [1.29, 1.82) is 0 Å². The second-order valence-corrected chi connectivity index (χ2v) is 7.25. The van der Waals surface area contributed by atoms with Crippen molar-refractivity contribution in [3.8, 4) is 5.75 Å². The van der Waals surface area contributed by atoms with Gasteiger partial charge in [-0.2, -0.15) is 0 Å². The zero-order valence-electron chi connectivity index (χ0n) is 14.6. The third-order valence-corrected chi connectivity index (χ3v) is 5.45. The molecule has 132 valence electrons. The molecular weight excluding hydrogens is 380 g/mol. The van der Waals surface area contributed by atoms with Crippen molar-refractivity contribution in [2.24, 2.45) is 0 Å². The van der Waals surface area contributed by atoms with Crippen molar-refractivity contribution >= 4 is 21.8 Å². The van der Waals surface area contributed by atoms with Crippen LogP contribution >= 0.6 is 15.9 Å². The molecule has 0 aliphatic carbocycles. The maximum Gasteiger partial charge on any atom is 0.252 e. The number of benzene rings is 2. The van der Waals surface area contributed by atoms with Gasteiger partial charge < -0.3 is 10.1 Å². The van der Waals surface area contributed by atoms with E-state index >= 15 is 0 Å². The van der Waals surface area contributed by atoms with Crippen molar-refractivity contribution in [2.75, 3.05) is 20.2 Å². The number of nitrogens with zero attached hydrogens (tertiary/aromatic N) is 1. The molecule has 0 saturated heterocycles. The number of hydrogen-bond donors (Lipinski definition) is 1. The van der Waals surface area contributed by atoms with Gasteiger partial charge in [-0.05, 0) is 58.6 Å². The Hall–Kier alpha value is -1.85. The molecule has 2 aromatic carbocycles. The zero-order chi connectivity index (χ0) is 17.8. The first-order valence-corrected chi connectivity index (χ1v) is 9.30. The van der Waals surface area contributed by atoms with Crippen molar-refractivity contribution in [3.63, 3.8) is 0 Å². The predicted molar refractivity (Wildman–Crippen MR) is 103 cm³/mol. The fourth-order valence-corrected chi connectivity index (χ4v) is 3.59. The van der Waals surface area contributed by atoms with Crippen LogP contribution in [0.15, 0.2) is 46.9 Å². The minimum absolute atomic E-state index is 0.0879. The third kappa shape index (κ3) is 4.22. The van der Waals surface area contributed by atoms with E-state index in [9.17, 15) is 4.79 Å². The van der Waals surface area contributed by atoms with E-state index in [1.54, 1.807) is 13.2 Å². The number of amides is 1. The van der Waals surface area contributed by atoms with E-state index in [4.69, 9.17) is 4.74 Å². The van der Waals surface area contributed by atoms with Gasteiger partial charge >= 0.3 is 0 Å². The van der Waals surface area contributed by atoms with Gasteiger partial charge in [-0.15, -0.1) is 0 Å². The van der Waals surface area contributed by atoms with Gasteiger partial charge in [0.2, 0.25) is 0 Å². The molecular formula is C20H23BrN2O2. The molecule has 3 rings (SSSR count). The first-order valence-electron chi connectivity index (χ1n) is 8.51. The molecule has 25 heavy (non-hydrogen) atoms. The molecule has 0 spiro atoms. The summed E-state index contributed by atoms with van der Waals surface area (Å²) in [5.41, 5.74) is 3.42. The van der Waals surface area contributed by atoms with Crippen LogP contribution in [-0.4, -0.2) is 37.0 Å². The van der Waals surface area contributed by atoms with E-state index in [-0.39, 0.29) is 11.9 Å². The number of hydrogen-bond acceptors (Lipinski definition) is 3. The maximum absolute atomic E-state index is 12.5. The van der Waals surface area contributed by atoms with Crippen molar-refractivity contribution < 1.29 is 9.53 Å². The lowest BCUT2D eigenvalue weighted by Gasteiger charge is -2.33. The van der Waals surface area contributed by atoms with E-state index in [1.807, 2.05) is 12.1 Å². The molecule has 1 unspecified atom stereocenters. The average molecular weight is 403 g/mol. The lowest BCUT2D eigenvalue weighted by atomic mass is 9.99. The van der Waals surface area contributed by atoms with Crippen LogP contribution in [0.25, 0.3) is 0 Å². The largest absolute Gasteiger partial charge is 0.497 e. The zero-order valence-corrected chi connectivity index (χ0v) is 16.2. The quantitative estimate of drug-likeness (QED) is 0.829.